The summed E-state index contributed by atoms with van der Waals surface area (Å²) in [7, 11) is 7.06. The molecule has 0 amide bonds. The molecule has 1 unspecified atom stereocenters. The van der Waals surface area contributed by atoms with Crippen LogP contribution >= 0.6 is 0 Å². The topological polar surface area (TPSA) is 0 Å². The third kappa shape index (κ3) is 6.78. The molecule has 0 saturated carbocycles. The highest BCUT2D eigenvalue weighted by Crippen LogP contribution is 2.17. The van der Waals surface area contributed by atoms with Gasteiger partial charge in [0.05, 0.1) is 40.8 Å². The minimum atomic E-state index is 1.02. The lowest BCUT2D eigenvalue weighted by Crippen LogP contribution is -2.46. The average molecular weight is 379 g/mol. The summed E-state index contributed by atoms with van der Waals surface area (Å²) in [5, 5.41) is 0. The van der Waals surface area contributed by atoms with Crippen LogP contribution in [0.2, 0.25) is 0 Å². The van der Waals surface area contributed by atoms with Gasteiger partial charge >= 0.3 is 0 Å². The van der Waals surface area contributed by atoms with Gasteiger partial charge in [-0.2, -0.15) is 0 Å². The van der Waals surface area contributed by atoms with Gasteiger partial charge in [-0.05, 0) is 18.1 Å². The van der Waals surface area contributed by atoms with Gasteiger partial charge < -0.3 is 8.97 Å². The maximum absolute atomic E-state index is 3.84. The van der Waals surface area contributed by atoms with Crippen molar-refractivity contribution >= 4 is 12.2 Å². The lowest BCUT2D eigenvalue weighted by Gasteiger charge is -2.36. The van der Waals surface area contributed by atoms with Crippen LogP contribution in [0.5, 0.6) is 0 Å². The van der Waals surface area contributed by atoms with Crippen LogP contribution in [0.4, 0.5) is 0 Å². The van der Waals surface area contributed by atoms with Crippen LogP contribution in [-0.2, 0) is 13.1 Å². The van der Waals surface area contributed by atoms with Crippen LogP contribution in [-0.4, -0.2) is 49.7 Å². The van der Waals surface area contributed by atoms with E-state index in [-0.39, 0.29) is 0 Å². The summed E-state index contributed by atoms with van der Waals surface area (Å²) in [6.07, 6.45) is 5.04. The first-order valence-electron chi connectivity index (χ1n) is 10.4. The van der Waals surface area contributed by atoms with E-state index in [1.165, 1.54) is 41.8 Å². The summed E-state index contributed by atoms with van der Waals surface area (Å²) >= 11 is 0. The number of quaternary nitrogens is 2. The molecule has 0 saturated heterocycles. The lowest BCUT2D eigenvalue weighted by atomic mass is 10.1. The molecule has 0 spiro atoms. The molecule has 2 rings (SSSR count). The van der Waals surface area contributed by atoms with Gasteiger partial charge in [-0.1, -0.05) is 73.8 Å². The van der Waals surface area contributed by atoms with Crippen LogP contribution in [0.3, 0.4) is 0 Å². The first-order chi connectivity index (χ1) is 13.3. The second-order valence-electron chi connectivity index (χ2n) is 8.88. The zero-order valence-corrected chi connectivity index (χ0v) is 18.3. The van der Waals surface area contributed by atoms with Gasteiger partial charge in [0, 0.05) is 17.5 Å². The molecule has 0 bridgehead atoms. The van der Waals surface area contributed by atoms with Crippen molar-refractivity contribution in [3.8, 4) is 0 Å². The summed E-state index contributed by atoms with van der Waals surface area (Å²) in [4.78, 5) is 0. The molecule has 0 aliphatic rings. The summed E-state index contributed by atoms with van der Waals surface area (Å²) in [6.45, 7) is 15.7. The first kappa shape index (κ1) is 22.1. The van der Waals surface area contributed by atoms with Crippen molar-refractivity contribution in [2.75, 3.05) is 40.8 Å². The molecular weight excluding hydrogens is 340 g/mol. The summed E-state index contributed by atoms with van der Waals surface area (Å²) in [5.74, 6) is 0. The number of hydrogen-bond acceptors (Lipinski definition) is 0. The standard InChI is InChI=1S/C26H38N2/c1-7-23-11-15-25(16-12-23)21-27(4,5)19-10-20-28(6,9-3)22-26-17-13-24(8-2)14-18-26/h7-8,11-18H,1-2,9-10,19-22H2,3-6H3/q+2. The fourth-order valence-corrected chi connectivity index (χ4v) is 3.76. The molecular formula is C26H38N2+2. The van der Waals surface area contributed by atoms with Crippen LogP contribution < -0.4 is 0 Å². The van der Waals surface area contributed by atoms with Gasteiger partial charge in [-0.15, -0.1) is 0 Å². The maximum atomic E-state index is 3.84. The van der Waals surface area contributed by atoms with E-state index in [0.717, 1.165) is 28.6 Å². The maximum Gasteiger partial charge on any atom is 0.104 e. The molecule has 0 N–H and O–H groups in total. The number of hydrogen-bond donors (Lipinski definition) is 0. The highest BCUT2D eigenvalue weighted by molar-refractivity contribution is 5.47. The highest BCUT2D eigenvalue weighted by atomic mass is 15.3. The van der Waals surface area contributed by atoms with Gasteiger partial charge in [0.2, 0.25) is 0 Å². The molecule has 28 heavy (non-hydrogen) atoms. The van der Waals surface area contributed by atoms with Gasteiger partial charge in [0.15, 0.2) is 0 Å². The quantitative estimate of drug-likeness (QED) is 0.446. The normalized spacial score (nSPS) is 13.7. The Hall–Kier alpha value is -2.16. The van der Waals surface area contributed by atoms with Crippen LogP contribution in [0, 0.1) is 0 Å². The number of rotatable bonds is 11. The van der Waals surface area contributed by atoms with E-state index in [0.29, 0.717) is 0 Å². The largest absolute Gasteiger partial charge is 0.325 e. The van der Waals surface area contributed by atoms with Crippen molar-refractivity contribution in [3.05, 3.63) is 83.9 Å². The molecule has 0 heterocycles. The van der Waals surface area contributed by atoms with Crippen molar-refractivity contribution in [2.24, 2.45) is 0 Å². The van der Waals surface area contributed by atoms with E-state index >= 15 is 0 Å². The van der Waals surface area contributed by atoms with E-state index in [9.17, 15) is 0 Å². The molecule has 1 atom stereocenters. The van der Waals surface area contributed by atoms with E-state index < -0.39 is 0 Å². The fourth-order valence-electron chi connectivity index (χ4n) is 3.76. The zero-order chi connectivity index (χ0) is 20.6. The lowest BCUT2D eigenvalue weighted by molar-refractivity contribution is -0.932. The number of nitrogens with zero attached hydrogens (tertiary/aromatic N) is 2. The van der Waals surface area contributed by atoms with Gasteiger partial charge in [-0.3, -0.25) is 0 Å². The third-order valence-electron chi connectivity index (χ3n) is 5.83. The minimum absolute atomic E-state index is 1.02. The number of benzene rings is 2. The second-order valence-corrected chi connectivity index (χ2v) is 8.88. The van der Waals surface area contributed by atoms with Gasteiger partial charge in [-0.25, -0.2) is 0 Å². The van der Waals surface area contributed by atoms with Crippen LogP contribution in [0.25, 0.3) is 12.2 Å². The minimum Gasteiger partial charge on any atom is -0.325 e. The Bertz CT molecular complexity index is 756. The Labute approximate surface area is 172 Å². The Balaban J connectivity index is 1.89. The van der Waals surface area contributed by atoms with E-state index in [1.54, 1.807) is 0 Å². The van der Waals surface area contributed by atoms with Crippen molar-refractivity contribution < 1.29 is 8.97 Å². The predicted octanol–water partition coefficient (Wildman–Crippen LogP) is 5.61. The summed E-state index contributed by atoms with van der Waals surface area (Å²) in [5.41, 5.74) is 5.18. The summed E-state index contributed by atoms with van der Waals surface area (Å²) < 4.78 is 2.10. The molecule has 0 aliphatic carbocycles. The van der Waals surface area contributed by atoms with Crippen molar-refractivity contribution in [3.63, 3.8) is 0 Å². The predicted molar refractivity (Wildman–Crippen MR) is 124 cm³/mol. The fraction of sp³-hybridized carbons (Fsp3) is 0.385. The van der Waals surface area contributed by atoms with Gasteiger partial charge in [0.25, 0.3) is 0 Å². The monoisotopic (exact) mass is 378 g/mol. The Kier molecular flexibility index (Phi) is 7.79. The molecule has 150 valence electrons. The van der Waals surface area contributed by atoms with E-state index in [1.807, 2.05) is 12.2 Å². The van der Waals surface area contributed by atoms with Crippen molar-refractivity contribution in [2.45, 2.75) is 26.4 Å². The van der Waals surface area contributed by atoms with Gasteiger partial charge in [0.1, 0.15) is 13.1 Å². The van der Waals surface area contributed by atoms with Crippen LogP contribution in [0.15, 0.2) is 61.7 Å². The first-order valence-corrected chi connectivity index (χ1v) is 10.4. The SMILES string of the molecule is C=Cc1ccc(C[N+](C)(C)CCC[N+](C)(CC)Cc2ccc(C=C)cc2)cc1. The molecule has 2 aromatic rings. The second kappa shape index (κ2) is 9.86. The molecule has 0 aliphatic heterocycles. The Morgan fingerprint density at radius 1 is 0.714 bits per heavy atom. The van der Waals surface area contributed by atoms with E-state index in [2.05, 4.69) is 89.8 Å². The molecule has 0 radical (unpaired) electrons. The molecule has 2 heteroatoms. The average Bonchev–Trinajstić information content (AvgIpc) is 2.68. The van der Waals surface area contributed by atoms with Crippen LogP contribution in [0.1, 0.15) is 35.6 Å². The Morgan fingerprint density at radius 3 is 1.61 bits per heavy atom. The highest BCUT2D eigenvalue weighted by Gasteiger charge is 2.23. The molecule has 0 fully saturated rings. The van der Waals surface area contributed by atoms with Crippen molar-refractivity contribution in [1.29, 1.82) is 0 Å². The molecule has 0 aromatic heterocycles. The zero-order valence-electron chi connectivity index (χ0n) is 18.3. The smallest absolute Gasteiger partial charge is 0.104 e. The molecule has 2 aromatic carbocycles. The third-order valence-corrected chi connectivity index (χ3v) is 5.83. The summed E-state index contributed by atoms with van der Waals surface area (Å²) in [6, 6.07) is 17.6. The molecule has 2 nitrogen and oxygen atoms in total. The Morgan fingerprint density at radius 2 is 1.18 bits per heavy atom. The van der Waals surface area contributed by atoms with Crippen molar-refractivity contribution in [1.82, 2.24) is 0 Å². The van der Waals surface area contributed by atoms with E-state index in [4.69, 9.17) is 0 Å².